The van der Waals surface area contributed by atoms with Gasteiger partial charge in [-0.2, -0.15) is 0 Å². The van der Waals surface area contributed by atoms with E-state index in [2.05, 4.69) is 9.80 Å². The molecule has 112 valence electrons. The van der Waals surface area contributed by atoms with Crippen LogP contribution in [0.5, 0.6) is 0 Å². The molecule has 2 aliphatic rings. The molecule has 0 aromatic rings. The van der Waals surface area contributed by atoms with Gasteiger partial charge in [0.15, 0.2) is 0 Å². The second kappa shape index (κ2) is 6.53. The summed E-state index contributed by atoms with van der Waals surface area (Å²) in [6.07, 6.45) is 4.56. The average Bonchev–Trinajstić information content (AvgIpc) is 2.33. The van der Waals surface area contributed by atoms with Crippen LogP contribution in [-0.2, 0) is 0 Å². The smallest absolute Gasteiger partial charge is 0.0718 e. The van der Waals surface area contributed by atoms with Gasteiger partial charge in [0.1, 0.15) is 0 Å². The third-order valence-corrected chi connectivity index (χ3v) is 4.44. The molecule has 1 aliphatic carbocycles. The highest BCUT2D eigenvalue weighted by atomic mass is 16.3. The third kappa shape index (κ3) is 5.03. The molecule has 1 heterocycles. The van der Waals surface area contributed by atoms with Gasteiger partial charge in [-0.05, 0) is 32.6 Å². The molecule has 0 aromatic carbocycles. The van der Waals surface area contributed by atoms with E-state index in [1.54, 1.807) is 0 Å². The predicted molar refractivity (Wildman–Crippen MR) is 77.1 cm³/mol. The van der Waals surface area contributed by atoms with Crippen molar-refractivity contribution in [3.05, 3.63) is 0 Å². The Morgan fingerprint density at radius 3 is 2.16 bits per heavy atom. The van der Waals surface area contributed by atoms with Crippen molar-refractivity contribution < 1.29 is 10.2 Å². The topological polar surface area (TPSA) is 46.9 Å². The van der Waals surface area contributed by atoms with Gasteiger partial charge in [0.25, 0.3) is 0 Å². The minimum Gasteiger partial charge on any atom is -0.393 e. The van der Waals surface area contributed by atoms with E-state index in [0.29, 0.717) is 5.92 Å². The molecular weight excluding hydrogens is 240 g/mol. The first-order valence-corrected chi connectivity index (χ1v) is 7.79. The molecule has 4 nitrogen and oxygen atoms in total. The first-order chi connectivity index (χ1) is 8.94. The van der Waals surface area contributed by atoms with E-state index in [1.807, 2.05) is 13.8 Å². The molecule has 1 saturated heterocycles. The number of rotatable bonds is 4. The lowest BCUT2D eigenvalue weighted by molar-refractivity contribution is 0.00387. The number of β-amino-alcohol motifs (C(OH)–C–C–N with tert-alkyl or cyclic N) is 1. The highest BCUT2D eigenvalue weighted by molar-refractivity contribution is 4.82. The van der Waals surface area contributed by atoms with Crippen LogP contribution in [0.1, 0.15) is 39.5 Å². The second-order valence-electron chi connectivity index (χ2n) is 7.00. The molecule has 0 spiro atoms. The quantitative estimate of drug-likeness (QED) is 0.798. The van der Waals surface area contributed by atoms with Gasteiger partial charge < -0.3 is 15.1 Å². The molecule has 2 atom stereocenters. The van der Waals surface area contributed by atoms with E-state index >= 15 is 0 Å². The zero-order valence-corrected chi connectivity index (χ0v) is 12.5. The van der Waals surface area contributed by atoms with Crippen LogP contribution in [0.2, 0.25) is 0 Å². The fourth-order valence-corrected chi connectivity index (χ4v) is 3.41. The summed E-state index contributed by atoms with van der Waals surface area (Å²) < 4.78 is 0. The molecule has 2 N–H and O–H groups in total. The maximum absolute atomic E-state index is 10.0. The molecule has 0 aromatic heterocycles. The Morgan fingerprint density at radius 2 is 1.58 bits per heavy atom. The van der Waals surface area contributed by atoms with E-state index < -0.39 is 5.60 Å². The fourth-order valence-electron chi connectivity index (χ4n) is 3.41. The summed E-state index contributed by atoms with van der Waals surface area (Å²) in [5, 5.41) is 19.9. The molecular formula is C15H30N2O2. The molecule has 0 amide bonds. The number of aliphatic hydroxyl groups excluding tert-OH is 1. The fraction of sp³-hybridized carbons (Fsp3) is 1.00. The maximum atomic E-state index is 10.0. The molecule has 1 saturated carbocycles. The first-order valence-electron chi connectivity index (χ1n) is 7.79. The zero-order valence-electron chi connectivity index (χ0n) is 12.5. The van der Waals surface area contributed by atoms with Crippen molar-refractivity contribution in [1.29, 1.82) is 0 Å². The monoisotopic (exact) mass is 270 g/mol. The zero-order chi connectivity index (χ0) is 13.9. The largest absolute Gasteiger partial charge is 0.393 e. The highest BCUT2D eigenvalue weighted by Gasteiger charge is 2.27. The number of aliphatic hydroxyl groups is 2. The summed E-state index contributed by atoms with van der Waals surface area (Å²) in [7, 11) is 0. The third-order valence-electron chi connectivity index (χ3n) is 4.44. The van der Waals surface area contributed by atoms with Crippen molar-refractivity contribution in [2.24, 2.45) is 5.92 Å². The van der Waals surface area contributed by atoms with Crippen LogP contribution in [-0.4, -0.2) is 71.0 Å². The number of nitrogens with zero attached hydrogens (tertiary/aromatic N) is 2. The average molecular weight is 270 g/mol. The Kier molecular flexibility index (Phi) is 5.23. The summed E-state index contributed by atoms with van der Waals surface area (Å²) in [5.41, 5.74) is -0.596. The predicted octanol–water partition coefficient (Wildman–Crippen LogP) is 0.926. The first kappa shape index (κ1) is 15.2. The van der Waals surface area contributed by atoms with Gasteiger partial charge in [-0.1, -0.05) is 12.8 Å². The van der Waals surface area contributed by atoms with Crippen molar-refractivity contribution in [1.82, 2.24) is 9.80 Å². The summed E-state index contributed by atoms with van der Waals surface area (Å²) in [4.78, 5) is 4.83. The molecule has 2 fully saturated rings. The van der Waals surface area contributed by atoms with E-state index in [-0.39, 0.29) is 6.10 Å². The summed E-state index contributed by atoms with van der Waals surface area (Å²) in [6.45, 7) is 9.76. The summed E-state index contributed by atoms with van der Waals surface area (Å²) in [5.74, 6) is 0.481. The van der Waals surface area contributed by atoms with E-state index in [9.17, 15) is 10.2 Å². The maximum Gasteiger partial charge on any atom is 0.0718 e. The Bertz CT molecular complexity index is 270. The van der Waals surface area contributed by atoms with E-state index in [1.165, 1.54) is 19.3 Å². The minimum absolute atomic E-state index is 0.0804. The lowest BCUT2D eigenvalue weighted by atomic mass is 9.86. The van der Waals surface area contributed by atoms with Gasteiger partial charge >= 0.3 is 0 Å². The van der Waals surface area contributed by atoms with E-state index in [0.717, 1.165) is 45.7 Å². The molecule has 0 bridgehead atoms. The summed E-state index contributed by atoms with van der Waals surface area (Å²) in [6, 6.07) is 0. The molecule has 19 heavy (non-hydrogen) atoms. The van der Waals surface area contributed by atoms with Gasteiger partial charge in [0.2, 0.25) is 0 Å². The molecule has 2 unspecified atom stereocenters. The second-order valence-corrected chi connectivity index (χ2v) is 7.00. The lowest BCUT2D eigenvalue weighted by Gasteiger charge is -2.40. The Balaban J connectivity index is 1.71. The van der Waals surface area contributed by atoms with Crippen LogP contribution in [0.3, 0.4) is 0 Å². The lowest BCUT2D eigenvalue weighted by Crippen LogP contribution is -2.52. The van der Waals surface area contributed by atoms with Crippen molar-refractivity contribution in [3.63, 3.8) is 0 Å². The van der Waals surface area contributed by atoms with Gasteiger partial charge in [0.05, 0.1) is 11.7 Å². The molecule has 2 rings (SSSR count). The minimum atomic E-state index is -0.596. The SMILES string of the molecule is CC(C)(O)CN1CCN(CC2CCCCC2O)CC1. The van der Waals surface area contributed by atoms with Gasteiger partial charge in [-0.15, -0.1) is 0 Å². The Morgan fingerprint density at radius 1 is 1.00 bits per heavy atom. The normalized spacial score (nSPS) is 31.6. The number of hydrogen-bond acceptors (Lipinski definition) is 4. The number of piperazine rings is 1. The van der Waals surface area contributed by atoms with Crippen LogP contribution >= 0.6 is 0 Å². The van der Waals surface area contributed by atoms with Crippen molar-refractivity contribution in [2.75, 3.05) is 39.3 Å². The van der Waals surface area contributed by atoms with Crippen molar-refractivity contribution >= 4 is 0 Å². The Labute approximate surface area is 117 Å². The van der Waals surface area contributed by atoms with Gasteiger partial charge in [-0.25, -0.2) is 0 Å². The van der Waals surface area contributed by atoms with Gasteiger partial charge in [0, 0.05) is 39.3 Å². The van der Waals surface area contributed by atoms with Gasteiger partial charge in [-0.3, -0.25) is 4.90 Å². The van der Waals surface area contributed by atoms with Crippen molar-refractivity contribution in [2.45, 2.75) is 51.2 Å². The summed E-state index contributed by atoms with van der Waals surface area (Å²) >= 11 is 0. The van der Waals surface area contributed by atoms with E-state index in [4.69, 9.17) is 0 Å². The Hall–Kier alpha value is -0.160. The molecule has 4 heteroatoms. The van der Waals surface area contributed by atoms with Crippen LogP contribution < -0.4 is 0 Å². The van der Waals surface area contributed by atoms with Crippen LogP contribution in [0.4, 0.5) is 0 Å². The molecule has 1 aliphatic heterocycles. The van der Waals surface area contributed by atoms with Crippen LogP contribution in [0.25, 0.3) is 0 Å². The standard InChI is InChI=1S/C15H30N2O2/c1-15(2,19)12-17-9-7-16(8-10-17)11-13-5-3-4-6-14(13)18/h13-14,18-19H,3-12H2,1-2H3. The highest BCUT2D eigenvalue weighted by Crippen LogP contribution is 2.25. The van der Waals surface area contributed by atoms with Crippen LogP contribution in [0, 0.1) is 5.92 Å². The van der Waals surface area contributed by atoms with Crippen LogP contribution in [0.15, 0.2) is 0 Å². The molecule has 0 radical (unpaired) electrons. The van der Waals surface area contributed by atoms with Crippen molar-refractivity contribution in [3.8, 4) is 0 Å². The number of hydrogen-bond donors (Lipinski definition) is 2.